The van der Waals surface area contributed by atoms with Gasteiger partial charge in [-0.15, -0.1) is 11.3 Å². The third-order valence-electron chi connectivity index (χ3n) is 7.69. The van der Waals surface area contributed by atoms with E-state index in [1.54, 1.807) is 29.8 Å². The number of halogens is 1. The number of rotatable bonds is 8. The number of pyridine rings is 2. The fourth-order valence-electron chi connectivity index (χ4n) is 5.49. The molecule has 7 nitrogen and oxygen atoms in total. The Kier molecular flexibility index (Phi) is 7.36. The fourth-order valence-corrected chi connectivity index (χ4v) is 6.37. The van der Waals surface area contributed by atoms with Crippen LogP contribution in [0.1, 0.15) is 49.6 Å². The second-order valence-electron chi connectivity index (χ2n) is 10.4. The first-order valence-corrected chi connectivity index (χ1v) is 14.7. The van der Waals surface area contributed by atoms with E-state index in [2.05, 4.69) is 62.7 Å². The molecule has 208 valence electrons. The van der Waals surface area contributed by atoms with E-state index in [-0.39, 0.29) is 5.69 Å². The average Bonchev–Trinajstić information content (AvgIpc) is 3.74. The van der Waals surface area contributed by atoms with E-state index in [9.17, 15) is 0 Å². The van der Waals surface area contributed by atoms with Gasteiger partial charge in [0.2, 0.25) is 0 Å². The van der Waals surface area contributed by atoms with Gasteiger partial charge in [0.25, 0.3) is 0 Å². The summed E-state index contributed by atoms with van der Waals surface area (Å²) in [6, 6.07) is 4.14. The zero-order valence-corrected chi connectivity index (χ0v) is 24.0. The van der Waals surface area contributed by atoms with Gasteiger partial charge in [0.05, 0.1) is 28.8 Å². The van der Waals surface area contributed by atoms with Crippen LogP contribution >= 0.6 is 11.3 Å². The van der Waals surface area contributed by atoms with Crippen LogP contribution in [0.2, 0.25) is 0 Å². The summed E-state index contributed by atoms with van der Waals surface area (Å²) in [6.45, 7) is 12.2. The van der Waals surface area contributed by atoms with E-state index in [0.29, 0.717) is 33.9 Å². The first-order chi connectivity index (χ1) is 20.0. The SMILES string of the molecule is C=C/C(=C\C(=C/C)c1ncc2[nH]nc(-c3nc4c(-c5ccc(C)s5)cncc4[nH]3)c2c1F)NC(=C)C1CCCCC1. The van der Waals surface area contributed by atoms with E-state index >= 15 is 4.39 Å². The van der Waals surface area contributed by atoms with Crippen molar-refractivity contribution in [3.05, 3.63) is 89.9 Å². The molecule has 3 N–H and O–H groups in total. The fraction of sp³-hybridized carbons (Fsp3) is 0.250. The standard InChI is InChI=1S/C32H32FN7S/c1-5-20(14-22(6-2)36-19(4)21-10-8-7-9-11-21)29-28(33)27-24(17-35-29)39-40-31(27)32-37-25-16-34-15-23(30(25)38-32)26-13-12-18(3)41-26/h5-6,12-17,21,36H,2,4,7-11H2,1,3H3,(H,37,38)(H,39,40)/b20-5+,22-14+. The van der Waals surface area contributed by atoms with Crippen LogP contribution in [0.5, 0.6) is 0 Å². The lowest BCUT2D eigenvalue weighted by molar-refractivity contribution is 0.393. The Morgan fingerprint density at radius 3 is 2.71 bits per heavy atom. The number of H-pyrrole nitrogens is 2. The van der Waals surface area contributed by atoms with Crippen LogP contribution < -0.4 is 5.32 Å². The van der Waals surface area contributed by atoms with Crippen molar-refractivity contribution in [3.8, 4) is 22.0 Å². The molecule has 0 atom stereocenters. The van der Waals surface area contributed by atoms with Crippen LogP contribution in [0.3, 0.4) is 0 Å². The largest absolute Gasteiger partial charge is 0.359 e. The van der Waals surface area contributed by atoms with E-state index in [0.717, 1.165) is 45.7 Å². The summed E-state index contributed by atoms with van der Waals surface area (Å²) in [4.78, 5) is 19.3. The van der Waals surface area contributed by atoms with Gasteiger partial charge in [0.1, 0.15) is 16.9 Å². The van der Waals surface area contributed by atoms with Gasteiger partial charge in [-0.1, -0.05) is 38.5 Å². The molecule has 1 fully saturated rings. The number of nitrogens with zero attached hydrogens (tertiary/aromatic N) is 4. The number of aromatic nitrogens is 6. The molecular weight excluding hydrogens is 533 g/mol. The predicted molar refractivity (Wildman–Crippen MR) is 166 cm³/mol. The molecule has 0 spiro atoms. The number of aromatic amines is 2. The van der Waals surface area contributed by atoms with Crippen molar-refractivity contribution in [3.63, 3.8) is 0 Å². The van der Waals surface area contributed by atoms with Crippen molar-refractivity contribution >= 4 is 38.8 Å². The highest BCUT2D eigenvalue weighted by molar-refractivity contribution is 7.15. The van der Waals surface area contributed by atoms with Crippen LogP contribution in [-0.2, 0) is 0 Å². The lowest BCUT2D eigenvalue weighted by atomic mass is 9.87. The van der Waals surface area contributed by atoms with Crippen molar-refractivity contribution < 1.29 is 4.39 Å². The maximum absolute atomic E-state index is 16.3. The number of fused-ring (bicyclic) bond motifs is 2. The third-order valence-corrected chi connectivity index (χ3v) is 8.72. The number of aryl methyl sites for hydroxylation is 1. The molecule has 5 aromatic rings. The summed E-state index contributed by atoms with van der Waals surface area (Å²) in [7, 11) is 0. The number of nitrogens with one attached hydrogen (secondary N) is 3. The Balaban J connectivity index is 1.37. The van der Waals surface area contributed by atoms with E-state index in [1.165, 1.54) is 24.1 Å². The molecule has 5 aromatic heterocycles. The van der Waals surface area contributed by atoms with Gasteiger partial charge in [-0.25, -0.2) is 9.37 Å². The van der Waals surface area contributed by atoms with Gasteiger partial charge in [0, 0.05) is 38.5 Å². The van der Waals surface area contributed by atoms with Gasteiger partial charge in [0.15, 0.2) is 11.6 Å². The number of hydrogen-bond donors (Lipinski definition) is 3. The molecule has 41 heavy (non-hydrogen) atoms. The Bertz CT molecular complexity index is 1830. The Labute approximate surface area is 242 Å². The van der Waals surface area contributed by atoms with Crippen LogP contribution in [0.15, 0.2) is 73.5 Å². The third kappa shape index (κ3) is 5.13. The van der Waals surface area contributed by atoms with E-state index in [4.69, 9.17) is 4.98 Å². The molecule has 0 radical (unpaired) electrons. The summed E-state index contributed by atoms with van der Waals surface area (Å²) in [5, 5.41) is 11.1. The maximum Gasteiger partial charge on any atom is 0.161 e. The van der Waals surface area contributed by atoms with Crippen LogP contribution in [0.4, 0.5) is 4.39 Å². The first kappa shape index (κ1) is 26.8. The molecule has 0 bridgehead atoms. The summed E-state index contributed by atoms with van der Waals surface area (Å²) >= 11 is 1.68. The highest BCUT2D eigenvalue weighted by atomic mass is 32.1. The van der Waals surface area contributed by atoms with Crippen LogP contribution in [0, 0.1) is 18.7 Å². The first-order valence-electron chi connectivity index (χ1n) is 13.9. The number of hydrogen-bond acceptors (Lipinski definition) is 6. The Morgan fingerprint density at radius 2 is 1.98 bits per heavy atom. The highest BCUT2D eigenvalue weighted by Crippen LogP contribution is 2.35. The van der Waals surface area contributed by atoms with Crippen molar-refractivity contribution in [1.82, 2.24) is 35.5 Å². The Hall–Kier alpha value is -4.37. The summed E-state index contributed by atoms with van der Waals surface area (Å²) in [5.74, 6) is 0.418. The lowest BCUT2D eigenvalue weighted by Gasteiger charge is -2.25. The highest BCUT2D eigenvalue weighted by Gasteiger charge is 2.22. The molecule has 0 unspecified atom stereocenters. The Morgan fingerprint density at radius 1 is 1.15 bits per heavy atom. The molecular formula is C32H32FN7S. The molecule has 1 aliphatic carbocycles. The minimum Gasteiger partial charge on any atom is -0.359 e. The van der Waals surface area contributed by atoms with E-state index < -0.39 is 5.82 Å². The zero-order chi connectivity index (χ0) is 28.5. The second-order valence-corrected chi connectivity index (χ2v) is 11.7. The molecule has 5 heterocycles. The molecule has 1 aliphatic rings. The van der Waals surface area contributed by atoms with Crippen molar-refractivity contribution in [2.45, 2.75) is 46.0 Å². The molecule has 1 saturated carbocycles. The monoisotopic (exact) mass is 565 g/mol. The van der Waals surface area contributed by atoms with Gasteiger partial charge < -0.3 is 10.3 Å². The minimum atomic E-state index is -0.474. The zero-order valence-electron chi connectivity index (χ0n) is 23.2. The lowest BCUT2D eigenvalue weighted by Crippen LogP contribution is -2.20. The minimum absolute atomic E-state index is 0.222. The van der Waals surface area contributed by atoms with Crippen molar-refractivity contribution in [2.75, 3.05) is 0 Å². The number of imidazole rings is 1. The molecule has 9 heteroatoms. The molecule has 0 saturated heterocycles. The molecule has 0 aliphatic heterocycles. The van der Waals surface area contributed by atoms with Gasteiger partial charge in [-0.05, 0) is 56.9 Å². The average molecular weight is 566 g/mol. The summed E-state index contributed by atoms with van der Waals surface area (Å²) in [6.07, 6.45) is 16.6. The van der Waals surface area contributed by atoms with Gasteiger partial charge in [-0.3, -0.25) is 15.1 Å². The molecule has 6 rings (SSSR count). The smallest absolute Gasteiger partial charge is 0.161 e. The quantitative estimate of drug-likeness (QED) is 0.165. The second kappa shape index (κ2) is 11.2. The molecule has 0 amide bonds. The summed E-state index contributed by atoms with van der Waals surface area (Å²) < 4.78 is 16.3. The molecule has 0 aromatic carbocycles. The normalized spacial score (nSPS) is 15.1. The topological polar surface area (TPSA) is 95.2 Å². The van der Waals surface area contributed by atoms with Crippen LogP contribution in [-0.4, -0.2) is 30.1 Å². The predicted octanol–water partition coefficient (Wildman–Crippen LogP) is 8.23. The van der Waals surface area contributed by atoms with Crippen molar-refractivity contribution in [1.29, 1.82) is 0 Å². The maximum atomic E-state index is 16.3. The number of allylic oxidation sites excluding steroid dienone is 5. The van der Waals surface area contributed by atoms with Gasteiger partial charge >= 0.3 is 0 Å². The van der Waals surface area contributed by atoms with Crippen LogP contribution in [0.25, 0.3) is 49.5 Å². The number of thiophene rings is 1. The van der Waals surface area contributed by atoms with Gasteiger partial charge in [-0.2, -0.15) is 5.10 Å². The van der Waals surface area contributed by atoms with Crippen molar-refractivity contribution in [2.24, 2.45) is 5.92 Å². The summed E-state index contributed by atoms with van der Waals surface area (Å²) in [5.41, 5.74) is 5.89. The van der Waals surface area contributed by atoms with E-state index in [1.807, 2.05) is 25.3 Å².